The van der Waals surface area contributed by atoms with Gasteiger partial charge in [0, 0.05) is 6.42 Å². The Morgan fingerprint density at radius 1 is 0.514 bits per heavy atom. The summed E-state index contributed by atoms with van der Waals surface area (Å²) in [6.07, 6.45) is 4.08. The molecule has 1 fully saturated rings. The van der Waals surface area contributed by atoms with E-state index in [9.17, 15) is 53.1 Å². The number of unbranched alkanes of at least 4 members (excludes halogenated alkanes) is 5. The molecule has 8 atom stereocenters. The Hall–Kier alpha value is -5.30. The maximum Gasteiger partial charge on any atom is 0.329 e. The zero-order valence-electron chi connectivity index (χ0n) is 45.5. The standard InChI is InChI=1S/C52H91N7O13/c1-29(2)20-18-16-14-15-17-19-21-35-27-41(60)53-36(22-23-42(61)62)46(64)54-37(24-30(3)4)47(65)55-38(25-31(5)6)49(67)58-44(33(9)10)51(69)57-40(28-43(63)71-13)48(66)56-39(26-32(7)8)50(68)59-45(34(11)12)52(70)72-35/h29-40,44-45H,14-28H2,1-13H3,(H,53,60)(H,54,64)(H,55,65)(H,56,66)(H,57,69)(H,58,67)(H,59,68)(H,61,62). The van der Waals surface area contributed by atoms with Crippen molar-refractivity contribution in [1.29, 1.82) is 0 Å². The molecule has 8 unspecified atom stereocenters. The van der Waals surface area contributed by atoms with Crippen molar-refractivity contribution in [3.05, 3.63) is 0 Å². The molecule has 20 heteroatoms. The minimum atomic E-state index is -1.59. The molecule has 1 aliphatic heterocycles. The fraction of sp³-hybridized carbons (Fsp3) is 0.808. The van der Waals surface area contributed by atoms with Crippen molar-refractivity contribution >= 4 is 59.3 Å². The Labute approximate surface area is 428 Å². The molecule has 1 aliphatic rings. The molecule has 1 rings (SSSR count). The van der Waals surface area contributed by atoms with E-state index in [4.69, 9.17) is 9.47 Å². The lowest BCUT2D eigenvalue weighted by Gasteiger charge is -2.30. The predicted molar refractivity (Wildman–Crippen MR) is 271 cm³/mol. The van der Waals surface area contributed by atoms with E-state index >= 15 is 0 Å². The summed E-state index contributed by atoms with van der Waals surface area (Å²) in [7, 11) is 1.10. The van der Waals surface area contributed by atoms with Gasteiger partial charge in [0.05, 0.1) is 20.0 Å². The molecule has 0 aromatic heterocycles. The quantitative estimate of drug-likeness (QED) is 0.0554. The summed E-state index contributed by atoms with van der Waals surface area (Å²) in [6.45, 7) is 21.9. The number of hydrogen-bond acceptors (Lipinski definition) is 12. The highest BCUT2D eigenvalue weighted by molar-refractivity contribution is 5.98. The number of carboxylic acid groups (broad SMARTS) is 1. The first-order valence-electron chi connectivity index (χ1n) is 26.3. The van der Waals surface area contributed by atoms with Gasteiger partial charge < -0.3 is 51.8 Å². The number of ether oxygens (including phenoxy) is 2. The van der Waals surface area contributed by atoms with E-state index in [1.165, 1.54) is 0 Å². The monoisotopic (exact) mass is 1020 g/mol. The third-order valence-corrected chi connectivity index (χ3v) is 12.3. The third kappa shape index (κ3) is 25.9. The van der Waals surface area contributed by atoms with Crippen LogP contribution in [0.1, 0.15) is 179 Å². The summed E-state index contributed by atoms with van der Waals surface area (Å²) in [5, 5.41) is 28.2. The van der Waals surface area contributed by atoms with E-state index in [0.717, 1.165) is 45.6 Å². The first-order chi connectivity index (χ1) is 33.6. The molecule has 1 saturated heterocycles. The number of cyclic esters (lactones) is 1. The number of aliphatic carboxylic acids is 1. The van der Waals surface area contributed by atoms with Gasteiger partial charge >= 0.3 is 17.9 Å². The van der Waals surface area contributed by atoms with E-state index in [0.29, 0.717) is 12.3 Å². The summed E-state index contributed by atoms with van der Waals surface area (Å²) in [5.41, 5.74) is 0. The van der Waals surface area contributed by atoms with Gasteiger partial charge in [-0.15, -0.1) is 0 Å². The van der Waals surface area contributed by atoms with Gasteiger partial charge in [0.25, 0.3) is 0 Å². The Bertz CT molecular complexity index is 1790. The summed E-state index contributed by atoms with van der Waals surface area (Å²) in [6, 6.07) is -9.40. The van der Waals surface area contributed by atoms with E-state index in [-0.39, 0.29) is 49.9 Å². The largest absolute Gasteiger partial charge is 0.481 e. The minimum absolute atomic E-state index is 0.0683. The highest BCUT2D eigenvalue weighted by Gasteiger charge is 2.38. The van der Waals surface area contributed by atoms with Crippen LogP contribution >= 0.6 is 0 Å². The molecular weight excluding hydrogens is 931 g/mol. The molecule has 0 bridgehead atoms. The zero-order chi connectivity index (χ0) is 54.8. The number of methoxy groups -OCH3 is 1. The number of esters is 2. The molecular formula is C52H91N7O13. The fourth-order valence-electron chi connectivity index (χ4n) is 8.26. The molecule has 0 radical (unpaired) electrons. The van der Waals surface area contributed by atoms with Crippen LogP contribution < -0.4 is 37.2 Å². The molecule has 0 spiro atoms. The lowest BCUT2D eigenvalue weighted by molar-refractivity contribution is -0.156. The minimum Gasteiger partial charge on any atom is -0.481 e. The van der Waals surface area contributed by atoms with Crippen LogP contribution in [0.3, 0.4) is 0 Å². The third-order valence-electron chi connectivity index (χ3n) is 12.3. The molecule has 20 nitrogen and oxygen atoms in total. The number of nitrogens with one attached hydrogen (secondary N) is 7. The van der Waals surface area contributed by atoms with Crippen molar-refractivity contribution in [2.75, 3.05) is 7.11 Å². The highest BCUT2D eigenvalue weighted by Crippen LogP contribution is 2.19. The molecule has 0 aromatic carbocycles. The normalized spacial score (nSPS) is 24.2. The molecule has 0 saturated carbocycles. The molecule has 412 valence electrons. The van der Waals surface area contributed by atoms with Crippen LogP contribution in [0.25, 0.3) is 0 Å². The lowest BCUT2D eigenvalue weighted by Crippen LogP contribution is -2.61. The molecule has 72 heavy (non-hydrogen) atoms. The number of carbonyl (C=O) groups is 10. The van der Waals surface area contributed by atoms with Crippen molar-refractivity contribution in [2.45, 2.75) is 228 Å². The average molecular weight is 1020 g/mol. The second kappa shape index (κ2) is 33.4. The van der Waals surface area contributed by atoms with Crippen LogP contribution in [0.4, 0.5) is 0 Å². The summed E-state index contributed by atoms with van der Waals surface area (Å²) >= 11 is 0. The number of hydrogen-bond donors (Lipinski definition) is 8. The van der Waals surface area contributed by atoms with E-state index < -0.39 is 139 Å². The lowest BCUT2D eigenvalue weighted by atomic mass is 9.98. The molecule has 1 heterocycles. The van der Waals surface area contributed by atoms with Crippen LogP contribution in [0.15, 0.2) is 0 Å². The summed E-state index contributed by atoms with van der Waals surface area (Å²) in [5.74, 6) is -9.68. The fourth-order valence-corrected chi connectivity index (χ4v) is 8.26. The zero-order valence-corrected chi connectivity index (χ0v) is 45.5. The topological polar surface area (TPSA) is 294 Å². The summed E-state index contributed by atoms with van der Waals surface area (Å²) in [4.78, 5) is 137. The Morgan fingerprint density at radius 3 is 1.38 bits per heavy atom. The Morgan fingerprint density at radius 2 is 0.931 bits per heavy atom. The average Bonchev–Trinajstić information content (AvgIpc) is 3.26. The second-order valence-corrected chi connectivity index (χ2v) is 21.8. The van der Waals surface area contributed by atoms with Crippen molar-refractivity contribution in [2.24, 2.45) is 35.5 Å². The van der Waals surface area contributed by atoms with Crippen LogP contribution in [0.5, 0.6) is 0 Å². The first-order valence-corrected chi connectivity index (χ1v) is 26.3. The maximum atomic E-state index is 14.2. The Balaban J connectivity index is 3.97. The molecule has 7 amide bonds. The van der Waals surface area contributed by atoms with Gasteiger partial charge in [-0.1, -0.05) is 122 Å². The summed E-state index contributed by atoms with van der Waals surface area (Å²) < 4.78 is 10.9. The van der Waals surface area contributed by atoms with Gasteiger partial charge in [-0.3, -0.25) is 43.2 Å². The van der Waals surface area contributed by atoms with Gasteiger partial charge in [0.2, 0.25) is 41.4 Å². The van der Waals surface area contributed by atoms with Gasteiger partial charge in [-0.2, -0.15) is 0 Å². The van der Waals surface area contributed by atoms with Gasteiger partial charge in [-0.05, 0) is 74.0 Å². The van der Waals surface area contributed by atoms with Crippen molar-refractivity contribution in [1.82, 2.24) is 37.2 Å². The van der Waals surface area contributed by atoms with Gasteiger partial charge in [-0.25, -0.2) is 4.79 Å². The van der Waals surface area contributed by atoms with Crippen LogP contribution in [-0.2, 0) is 57.4 Å². The molecule has 0 aromatic rings. The number of rotatable bonds is 22. The van der Waals surface area contributed by atoms with Crippen molar-refractivity contribution < 1.29 is 62.5 Å². The van der Waals surface area contributed by atoms with E-state index in [1.807, 2.05) is 41.5 Å². The highest BCUT2D eigenvalue weighted by atomic mass is 16.5. The predicted octanol–water partition coefficient (Wildman–Crippen LogP) is 4.35. The SMILES string of the molecule is COC(=O)CC1NC(=O)C(C(C)C)NC(=O)C(CC(C)C)NC(=O)C(CC(C)C)NC(=O)C(CCC(=O)O)NC(=O)CC(CCCCCCCCC(C)C)OC(=O)C(C(C)C)NC(=O)C(CC(C)C)NC1=O. The molecule has 8 N–H and O–H groups in total. The number of amides is 7. The number of carboxylic acids is 1. The Kier molecular flexibility index (Phi) is 30.0. The smallest absolute Gasteiger partial charge is 0.329 e. The van der Waals surface area contributed by atoms with E-state index in [1.54, 1.807) is 27.7 Å². The van der Waals surface area contributed by atoms with Gasteiger partial charge in [0.1, 0.15) is 48.4 Å². The van der Waals surface area contributed by atoms with Crippen molar-refractivity contribution in [3.8, 4) is 0 Å². The van der Waals surface area contributed by atoms with E-state index in [2.05, 4.69) is 51.1 Å². The first kappa shape index (κ1) is 64.7. The van der Waals surface area contributed by atoms with Crippen LogP contribution in [-0.4, -0.2) is 120 Å². The molecule has 0 aliphatic carbocycles. The second-order valence-electron chi connectivity index (χ2n) is 21.8. The van der Waals surface area contributed by atoms with Crippen molar-refractivity contribution in [3.63, 3.8) is 0 Å². The van der Waals surface area contributed by atoms with Crippen LogP contribution in [0.2, 0.25) is 0 Å². The number of carbonyl (C=O) groups excluding carboxylic acids is 9. The van der Waals surface area contributed by atoms with Gasteiger partial charge in [0.15, 0.2) is 0 Å². The van der Waals surface area contributed by atoms with Crippen LogP contribution in [0, 0.1) is 35.5 Å². The maximum absolute atomic E-state index is 14.2.